The van der Waals surface area contributed by atoms with E-state index in [-0.39, 0.29) is 24.0 Å². The highest BCUT2D eigenvalue weighted by Crippen LogP contribution is 2.34. The number of aromatic nitrogens is 3. The Balaban J connectivity index is 1.53. The van der Waals surface area contributed by atoms with Crippen LogP contribution >= 0.6 is 11.3 Å². The standard InChI is InChI=1S/C25H32N6O2S/c1-16-9-11-18(12-10-16)21-22(28-25(3,4)5)31-23(27-21)34-24(29-31)30(6)15-20(32)26-17(2)14-19-8-7-13-33-19/h7-13,17,28H,14-15H2,1-6H3,(H,26,32). The summed E-state index contributed by atoms with van der Waals surface area (Å²) in [7, 11) is 1.87. The maximum absolute atomic E-state index is 12.6. The normalized spacial score (nSPS) is 12.6. The number of hydrogen-bond acceptors (Lipinski definition) is 7. The summed E-state index contributed by atoms with van der Waals surface area (Å²) < 4.78 is 7.21. The number of carbonyl (C=O) groups excluding carboxylic acids is 1. The van der Waals surface area contributed by atoms with Gasteiger partial charge in [0.1, 0.15) is 11.5 Å². The SMILES string of the molecule is Cc1ccc(-c2nc3sc(N(C)CC(=O)NC(C)Cc4ccco4)nn3c2NC(C)(C)C)cc1. The van der Waals surface area contributed by atoms with Crippen LogP contribution in [0.2, 0.25) is 0 Å². The molecule has 1 aromatic carbocycles. The zero-order chi connectivity index (χ0) is 24.5. The second kappa shape index (κ2) is 9.50. The first kappa shape index (κ1) is 23.8. The Kier molecular flexibility index (Phi) is 6.65. The van der Waals surface area contributed by atoms with Gasteiger partial charge in [0.25, 0.3) is 0 Å². The topological polar surface area (TPSA) is 87.7 Å². The van der Waals surface area contributed by atoms with Gasteiger partial charge in [0, 0.05) is 30.6 Å². The molecule has 0 saturated heterocycles. The number of amides is 1. The van der Waals surface area contributed by atoms with Crippen molar-refractivity contribution in [1.82, 2.24) is 19.9 Å². The van der Waals surface area contributed by atoms with E-state index in [1.807, 2.05) is 35.5 Å². The molecular formula is C25H32N6O2S. The first-order chi connectivity index (χ1) is 16.1. The third-order valence-corrected chi connectivity index (χ3v) is 6.24. The number of rotatable bonds is 8. The van der Waals surface area contributed by atoms with Crippen LogP contribution in [0.25, 0.3) is 16.2 Å². The second-order valence-corrected chi connectivity index (χ2v) is 10.7. The predicted molar refractivity (Wildman–Crippen MR) is 138 cm³/mol. The number of benzene rings is 1. The highest BCUT2D eigenvalue weighted by atomic mass is 32.1. The van der Waals surface area contributed by atoms with Crippen LogP contribution in [0.15, 0.2) is 47.1 Å². The van der Waals surface area contributed by atoms with E-state index >= 15 is 0 Å². The van der Waals surface area contributed by atoms with Gasteiger partial charge in [-0.15, -0.1) is 5.10 Å². The second-order valence-electron chi connectivity index (χ2n) is 9.74. The molecule has 0 aliphatic carbocycles. The zero-order valence-electron chi connectivity index (χ0n) is 20.5. The molecule has 0 saturated carbocycles. The average molecular weight is 481 g/mol. The molecule has 0 spiro atoms. The fourth-order valence-electron chi connectivity index (χ4n) is 3.66. The number of fused-ring (bicyclic) bond motifs is 1. The molecular weight excluding hydrogens is 448 g/mol. The Bertz CT molecular complexity index is 1250. The fourth-order valence-corrected chi connectivity index (χ4v) is 4.52. The molecule has 9 heteroatoms. The van der Waals surface area contributed by atoms with Crippen LogP contribution in [0.5, 0.6) is 0 Å². The Morgan fingerprint density at radius 1 is 1.24 bits per heavy atom. The number of anilines is 2. The Labute approximate surface area is 204 Å². The lowest BCUT2D eigenvalue weighted by Crippen LogP contribution is -2.40. The van der Waals surface area contributed by atoms with Gasteiger partial charge in [0.2, 0.25) is 16.0 Å². The predicted octanol–water partition coefficient (Wildman–Crippen LogP) is 4.75. The third-order valence-electron chi connectivity index (χ3n) is 5.21. The minimum absolute atomic E-state index is 0.0275. The summed E-state index contributed by atoms with van der Waals surface area (Å²) in [6.45, 7) is 10.6. The lowest BCUT2D eigenvalue weighted by atomic mass is 10.1. The maximum atomic E-state index is 12.6. The summed E-state index contributed by atoms with van der Waals surface area (Å²) in [5, 5.41) is 12.1. The van der Waals surface area contributed by atoms with Crippen molar-refractivity contribution >= 4 is 33.2 Å². The van der Waals surface area contributed by atoms with E-state index in [0.29, 0.717) is 6.42 Å². The molecule has 3 aromatic heterocycles. The highest BCUT2D eigenvalue weighted by molar-refractivity contribution is 7.20. The number of imidazole rings is 1. The lowest BCUT2D eigenvalue weighted by Gasteiger charge is -2.22. The molecule has 1 amide bonds. The van der Waals surface area contributed by atoms with Crippen LogP contribution in [0.3, 0.4) is 0 Å². The van der Waals surface area contributed by atoms with Crippen LogP contribution in [0.1, 0.15) is 39.0 Å². The summed E-state index contributed by atoms with van der Waals surface area (Å²) >= 11 is 1.46. The lowest BCUT2D eigenvalue weighted by molar-refractivity contribution is -0.120. The van der Waals surface area contributed by atoms with Crippen molar-refractivity contribution in [2.24, 2.45) is 0 Å². The van der Waals surface area contributed by atoms with Crippen molar-refractivity contribution in [1.29, 1.82) is 0 Å². The molecule has 4 aromatic rings. The van der Waals surface area contributed by atoms with E-state index in [1.54, 1.807) is 6.26 Å². The summed E-state index contributed by atoms with van der Waals surface area (Å²) in [5.41, 5.74) is 2.94. The monoisotopic (exact) mass is 480 g/mol. The number of nitrogens with one attached hydrogen (secondary N) is 2. The van der Waals surface area contributed by atoms with Crippen LogP contribution in [-0.4, -0.2) is 45.7 Å². The average Bonchev–Trinajstić information content (AvgIpc) is 3.45. The first-order valence-electron chi connectivity index (χ1n) is 11.4. The third kappa shape index (κ3) is 5.59. The van der Waals surface area contributed by atoms with Crippen molar-refractivity contribution in [3.05, 3.63) is 54.0 Å². The van der Waals surface area contributed by atoms with Crippen LogP contribution in [0, 0.1) is 6.92 Å². The summed E-state index contributed by atoms with van der Waals surface area (Å²) in [4.78, 5) is 20.1. The van der Waals surface area contributed by atoms with Gasteiger partial charge in [0.15, 0.2) is 5.82 Å². The van der Waals surface area contributed by atoms with Crippen molar-refractivity contribution in [3.63, 3.8) is 0 Å². The van der Waals surface area contributed by atoms with Gasteiger partial charge in [-0.2, -0.15) is 4.52 Å². The Morgan fingerprint density at radius 2 is 1.97 bits per heavy atom. The first-order valence-corrected chi connectivity index (χ1v) is 12.2. The number of nitrogens with zero attached hydrogens (tertiary/aromatic N) is 4. The molecule has 180 valence electrons. The van der Waals surface area contributed by atoms with Crippen molar-refractivity contribution in [2.75, 3.05) is 23.8 Å². The molecule has 1 unspecified atom stereocenters. The minimum Gasteiger partial charge on any atom is -0.469 e. The molecule has 3 heterocycles. The molecule has 0 radical (unpaired) electrons. The zero-order valence-corrected chi connectivity index (χ0v) is 21.4. The highest BCUT2D eigenvalue weighted by Gasteiger charge is 2.23. The molecule has 4 rings (SSSR count). The molecule has 1 atom stereocenters. The van der Waals surface area contributed by atoms with Crippen molar-refractivity contribution < 1.29 is 9.21 Å². The number of furan rings is 1. The van der Waals surface area contributed by atoms with Gasteiger partial charge >= 0.3 is 0 Å². The van der Waals surface area contributed by atoms with E-state index in [0.717, 1.165) is 32.9 Å². The van der Waals surface area contributed by atoms with E-state index in [4.69, 9.17) is 14.5 Å². The van der Waals surface area contributed by atoms with Gasteiger partial charge in [-0.25, -0.2) is 4.98 Å². The number of likely N-dealkylation sites (N-methyl/N-ethyl adjacent to an activating group) is 1. The van der Waals surface area contributed by atoms with E-state index in [2.05, 4.69) is 62.6 Å². The number of hydrogen-bond donors (Lipinski definition) is 2. The summed E-state index contributed by atoms with van der Waals surface area (Å²) in [6.07, 6.45) is 2.29. The van der Waals surface area contributed by atoms with Gasteiger partial charge < -0.3 is 20.0 Å². The molecule has 34 heavy (non-hydrogen) atoms. The number of carbonyl (C=O) groups is 1. The van der Waals surface area contributed by atoms with Crippen molar-refractivity contribution in [2.45, 2.75) is 52.6 Å². The Hall–Kier alpha value is -3.33. The fraction of sp³-hybridized carbons (Fsp3) is 0.400. The summed E-state index contributed by atoms with van der Waals surface area (Å²) in [6, 6.07) is 12.1. The van der Waals surface area contributed by atoms with Gasteiger partial charge in [-0.1, -0.05) is 41.2 Å². The Morgan fingerprint density at radius 3 is 2.62 bits per heavy atom. The molecule has 0 aliphatic rings. The van der Waals surface area contributed by atoms with Gasteiger partial charge in [-0.05, 0) is 46.8 Å². The van der Waals surface area contributed by atoms with Gasteiger partial charge in [-0.3, -0.25) is 4.79 Å². The van der Waals surface area contributed by atoms with E-state index in [9.17, 15) is 4.79 Å². The smallest absolute Gasteiger partial charge is 0.239 e. The van der Waals surface area contributed by atoms with Crippen LogP contribution in [0.4, 0.5) is 10.9 Å². The molecule has 0 aliphatic heterocycles. The van der Waals surface area contributed by atoms with Crippen LogP contribution < -0.4 is 15.5 Å². The quantitative estimate of drug-likeness (QED) is 0.378. The van der Waals surface area contributed by atoms with Crippen LogP contribution in [-0.2, 0) is 11.2 Å². The molecule has 2 N–H and O–H groups in total. The van der Waals surface area contributed by atoms with E-state index in [1.165, 1.54) is 16.9 Å². The molecule has 0 bridgehead atoms. The van der Waals surface area contributed by atoms with Gasteiger partial charge in [0.05, 0.1) is 12.8 Å². The summed E-state index contributed by atoms with van der Waals surface area (Å²) in [5.74, 6) is 1.63. The largest absolute Gasteiger partial charge is 0.469 e. The maximum Gasteiger partial charge on any atom is 0.239 e. The van der Waals surface area contributed by atoms with E-state index < -0.39 is 0 Å². The molecule has 8 nitrogen and oxygen atoms in total. The number of aryl methyl sites for hydroxylation is 1. The van der Waals surface area contributed by atoms with Crippen molar-refractivity contribution in [3.8, 4) is 11.3 Å². The molecule has 0 fully saturated rings. The minimum atomic E-state index is -0.172.